The van der Waals surface area contributed by atoms with Crippen molar-refractivity contribution in [3.8, 4) is 0 Å². The quantitative estimate of drug-likeness (QED) is 0.796. The Labute approximate surface area is 144 Å². The van der Waals surface area contributed by atoms with Crippen LogP contribution < -0.4 is 4.90 Å². The summed E-state index contributed by atoms with van der Waals surface area (Å²) in [5.74, 6) is 0.125. The molecule has 1 amide bonds. The first-order valence-corrected chi connectivity index (χ1v) is 9.87. The third-order valence-electron chi connectivity index (χ3n) is 5.23. The van der Waals surface area contributed by atoms with Crippen LogP contribution in [0.4, 0.5) is 5.69 Å². The van der Waals surface area contributed by atoms with Gasteiger partial charge in [0.25, 0.3) is 5.91 Å². The fourth-order valence-corrected chi connectivity index (χ4v) is 6.31. The number of nitrogens with zero attached hydrogens (tertiary/aromatic N) is 3. The number of likely N-dealkylation sites (tertiary alicyclic amines) is 1. The average molecular weight is 351 g/mol. The zero-order valence-electron chi connectivity index (χ0n) is 14.6. The van der Waals surface area contributed by atoms with E-state index in [1.54, 1.807) is 11.0 Å². The van der Waals surface area contributed by atoms with Crippen molar-refractivity contribution in [2.45, 2.75) is 11.3 Å². The van der Waals surface area contributed by atoms with E-state index in [2.05, 4.69) is 0 Å². The molecule has 0 radical (unpaired) electrons. The molecule has 0 spiro atoms. The van der Waals surface area contributed by atoms with Gasteiger partial charge < -0.3 is 14.7 Å². The molecule has 132 valence electrons. The fraction of sp³-hybridized carbons (Fsp3) is 0.588. The summed E-state index contributed by atoms with van der Waals surface area (Å²) in [6.07, 6.45) is 0. The molecule has 1 aromatic rings. The van der Waals surface area contributed by atoms with Crippen molar-refractivity contribution in [1.82, 2.24) is 9.80 Å². The third kappa shape index (κ3) is 2.91. The summed E-state index contributed by atoms with van der Waals surface area (Å²) >= 11 is 0. The Bertz CT molecular complexity index is 745. The zero-order chi connectivity index (χ0) is 17.6. The van der Waals surface area contributed by atoms with Gasteiger partial charge >= 0.3 is 0 Å². The van der Waals surface area contributed by atoms with Crippen molar-refractivity contribution in [1.29, 1.82) is 0 Å². The van der Waals surface area contributed by atoms with Crippen LogP contribution in [0.5, 0.6) is 0 Å². The molecule has 2 saturated heterocycles. The normalized spacial score (nSPS) is 28.2. The number of hydrogen-bond acceptors (Lipinski definition) is 5. The van der Waals surface area contributed by atoms with Gasteiger partial charge in [-0.3, -0.25) is 4.79 Å². The maximum Gasteiger partial charge on any atom is 0.253 e. The molecular formula is C17H25N3O3S. The first-order chi connectivity index (χ1) is 11.2. The molecular weight excluding hydrogens is 326 g/mol. The summed E-state index contributed by atoms with van der Waals surface area (Å²) in [6, 6.07) is 7.45. The van der Waals surface area contributed by atoms with Crippen LogP contribution in [0.2, 0.25) is 0 Å². The fourth-order valence-electron chi connectivity index (χ4n) is 3.83. The summed E-state index contributed by atoms with van der Waals surface area (Å²) < 4.78 is 24.9. The predicted octanol–water partition coefficient (Wildman–Crippen LogP) is 0.552. The van der Waals surface area contributed by atoms with E-state index in [9.17, 15) is 13.2 Å². The number of carbonyl (C=O) groups excluding carboxylic acids is 1. The first kappa shape index (κ1) is 17.2. The van der Waals surface area contributed by atoms with E-state index in [-0.39, 0.29) is 23.6 Å². The van der Waals surface area contributed by atoms with Crippen LogP contribution in [0.15, 0.2) is 24.3 Å². The molecule has 2 fully saturated rings. The topological polar surface area (TPSA) is 60.9 Å². The van der Waals surface area contributed by atoms with Gasteiger partial charge in [-0.1, -0.05) is 6.07 Å². The van der Waals surface area contributed by atoms with Crippen LogP contribution in [0.1, 0.15) is 10.4 Å². The molecule has 0 aromatic heterocycles. The second-order valence-electron chi connectivity index (χ2n) is 7.22. The molecule has 0 saturated carbocycles. The Kier molecular flexibility index (Phi) is 4.34. The van der Waals surface area contributed by atoms with Gasteiger partial charge in [0, 0.05) is 50.4 Å². The molecule has 3 rings (SSSR count). The highest BCUT2D eigenvalue weighted by Crippen LogP contribution is 2.36. The van der Waals surface area contributed by atoms with E-state index in [0.717, 1.165) is 5.69 Å². The minimum atomic E-state index is -3.13. The van der Waals surface area contributed by atoms with Crippen molar-refractivity contribution in [2.75, 3.05) is 51.9 Å². The molecule has 0 N–H and O–H groups in total. The monoisotopic (exact) mass is 351 g/mol. The van der Waals surface area contributed by atoms with Gasteiger partial charge in [-0.15, -0.1) is 0 Å². The van der Waals surface area contributed by atoms with Crippen molar-refractivity contribution >= 4 is 21.4 Å². The van der Waals surface area contributed by atoms with Gasteiger partial charge in [0.1, 0.15) is 0 Å². The third-order valence-corrected chi connectivity index (χ3v) is 7.45. The smallest absolute Gasteiger partial charge is 0.253 e. The number of fused-ring (bicyclic) bond motifs is 1. The van der Waals surface area contributed by atoms with Crippen LogP contribution in [0.25, 0.3) is 0 Å². The minimum absolute atomic E-state index is 0.00554. The standard InChI is InChI=1S/C17H25N3O3S/c1-18(2)13-7-5-6-12(8-13)17(21)20-9-14-15(19(3)4)11-24(22,23)16(14)10-20/h5-8,14-16H,9-11H2,1-4H3/t14-,15+,16-/m0/s1. The van der Waals surface area contributed by atoms with Crippen molar-refractivity contribution in [2.24, 2.45) is 5.92 Å². The van der Waals surface area contributed by atoms with Gasteiger partial charge in [-0.05, 0) is 32.3 Å². The van der Waals surface area contributed by atoms with Crippen molar-refractivity contribution in [3.05, 3.63) is 29.8 Å². The van der Waals surface area contributed by atoms with E-state index < -0.39 is 15.1 Å². The molecule has 1 aromatic carbocycles. The SMILES string of the molecule is CN(C)c1cccc(C(=O)N2C[C@H]3[C@H](N(C)C)CS(=O)(=O)[C@H]3C2)c1. The molecule has 6 nitrogen and oxygen atoms in total. The molecule has 24 heavy (non-hydrogen) atoms. The number of sulfone groups is 1. The number of carbonyl (C=O) groups is 1. The maximum absolute atomic E-state index is 12.8. The summed E-state index contributed by atoms with van der Waals surface area (Å²) in [5.41, 5.74) is 1.57. The van der Waals surface area contributed by atoms with E-state index in [1.807, 2.05) is 56.2 Å². The molecule has 3 atom stereocenters. The van der Waals surface area contributed by atoms with Gasteiger partial charge in [0.05, 0.1) is 11.0 Å². The number of hydrogen-bond donors (Lipinski definition) is 0. The lowest BCUT2D eigenvalue weighted by atomic mass is 10.00. The van der Waals surface area contributed by atoms with Crippen LogP contribution >= 0.6 is 0 Å². The van der Waals surface area contributed by atoms with Crippen LogP contribution in [-0.2, 0) is 9.84 Å². The van der Waals surface area contributed by atoms with E-state index in [4.69, 9.17) is 0 Å². The molecule has 2 aliphatic heterocycles. The molecule has 0 unspecified atom stereocenters. The Morgan fingerprint density at radius 3 is 2.50 bits per heavy atom. The minimum Gasteiger partial charge on any atom is -0.378 e. The highest BCUT2D eigenvalue weighted by atomic mass is 32.2. The Balaban J connectivity index is 1.83. The lowest BCUT2D eigenvalue weighted by Crippen LogP contribution is -2.38. The summed E-state index contributed by atoms with van der Waals surface area (Å²) in [4.78, 5) is 18.5. The number of rotatable bonds is 3. The molecule has 7 heteroatoms. The first-order valence-electron chi connectivity index (χ1n) is 8.15. The van der Waals surface area contributed by atoms with E-state index >= 15 is 0 Å². The second kappa shape index (κ2) is 6.04. The Hall–Kier alpha value is -1.60. The highest BCUT2D eigenvalue weighted by Gasteiger charge is 2.53. The predicted molar refractivity (Wildman–Crippen MR) is 95.2 cm³/mol. The second-order valence-corrected chi connectivity index (χ2v) is 9.48. The van der Waals surface area contributed by atoms with Crippen molar-refractivity contribution < 1.29 is 13.2 Å². The molecule has 2 heterocycles. The van der Waals surface area contributed by atoms with E-state index in [1.165, 1.54) is 0 Å². The van der Waals surface area contributed by atoms with Crippen LogP contribution in [0, 0.1) is 5.92 Å². The lowest BCUT2D eigenvalue weighted by molar-refractivity contribution is 0.0779. The molecule has 0 aliphatic carbocycles. The van der Waals surface area contributed by atoms with Crippen LogP contribution in [-0.4, -0.2) is 82.4 Å². The number of anilines is 1. The lowest BCUT2D eigenvalue weighted by Gasteiger charge is -2.25. The maximum atomic E-state index is 12.8. The molecule has 2 aliphatic rings. The Morgan fingerprint density at radius 1 is 1.17 bits per heavy atom. The largest absolute Gasteiger partial charge is 0.378 e. The van der Waals surface area contributed by atoms with Gasteiger partial charge in [-0.2, -0.15) is 0 Å². The van der Waals surface area contributed by atoms with Crippen molar-refractivity contribution in [3.63, 3.8) is 0 Å². The highest BCUT2D eigenvalue weighted by molar-refractivity contribution is 7.92. The summed E-state index contributed by atoms with van der Waals surface area (Å²) in [7, 11) is 4.55. The summed E-state index contributed by atoms with van der Waals surface area (Å²) in [5, 5.41) is -0.425. The Morgan fingerprint density at radius 2 is 1.88 bits per heavy atom. The van der Waals surface area contributed by atoms with Gasteiger partial charge in [0.15, 0.2) is 9.84 Å². The summed E-state index contributed by atoms with van der Waals surface area (Å²) in [6.45, 7) is 0.820. The average Bonchev–Trinajstić information content (AvgIpc) is 3.06. The van der Waals surface area contributed by atoms with Crippen LogP contribution in [0.3, 0.4) is 0 Å². The number of amides is 1. The number of benzene rings is 1. The van der Waals surface area contributed by atoms with Gasteiger partial charge in [0.2, 0.25) is 0 Å². The molecule has 0 bridgehead atoms. The van der Waals surface area contributed by atoms with Gasteiger partial charge in [-0.25, -0.2) is 8.42 Å². The van der Waals surface area contributed by atoms with E-state index in [0.29, 0.717) is 18.7 Å². The zero-order valence-corrected chi connectivity index (χ0v) is 15.5.